The number of nitrogens with one attached hydrogen (secondary N) is 1. The molecule has 0 aliphatic heterocycles. The quantitative estimate of drug-likeness (QED) is 0.508. The third-order valence-electron chi connectivity index (χ3n) is 3.84. The molecule has 0 saturated carbocycles. The first kappa shape index (κ1) is 18.6. The molecule has 27 heavy (non-hydrogen) atoms. The smallest absolute Gasteiger partial charge is 0.411 e. The molecule has 0 spiro atoms. The van der Waals surface area contributed by atoms with E-state index in [-0.39, 0.29) is 0 Å². The molecular formula is C20H20N4O2S. The maximum absolute atomic E-state index is 11.6. The Morgan fingerprint density at radius 1 is 1.22 bits per heavy atom. The van der Waals surface area contributed by atoms with Crippen LogP contribution in [0.25, 0.3) is 5.69 Å². The first-order valence-corrected chi connectivity index (χ1v) is 8.93. The lowest BCUT2D eigenvalue weighted by Crippen LogP contribution is -2.13. The predicted octanol–water partition coefficient (Wildman–Crippen LogP) is 4.34. The second-order valence-corrected chi connectivity index (χ2v) is 6.33. The molecule has 0 saturated heterocycles. The van der Waals surface area contributed by atoms with Gasteiger partial charge in [-0.15, -0.1) is 0 Å². The van der Waals surface area contributed by atoms with Crippen molar-refractivity contribution in [2.75, 3.05) is 17.7 Å². The highest BCUT2D eigenvalue weighted by Gasteiger charge is 2.06. The number of nitrogen functional groups attached to an aromatic ring is 1. The van der Waals surface area contributed by atoms with Crippen molar-refractivity contribution in [1.29, 1.82) is 0 Å². The fourth-order valence-electron chi connectivity index (χ4n) is 2.62. The summed E-state index contributed by atoms with van der Waals surface area (Å²) in [4.78, 5) is 11.6. The van der Waals surface area contributed by atoms with Crippen LogP contribution in [0.1, 0.15) is 18.2 Å². The average molecular weight is 380 g/mol. The van der Waals surface area contributed by atoms with E-state index >= 15 is 0 Å². The van der Waals surface area contributed by atoms with Crippen LogP contribution in [0.2, 0.25) is 0 Å². The largest absolute Gasteiger partial charge is 0.450 e. The maximum atomic E-state index is 11.6. The van der Waals surface area contributed by atoms with Crippen LogP contribution in [0.3, 0.4) is 0 Å². The molecule has 1 aromatic heterocycles. The molecule has 3 N–H and O–H groups in total. The van der Waals surface area contributed by atoms with Gasteiger partial charge in [-0.1, -0.05) is 30.4 Å². The Balaban J connectivity index is 1.84. The lowest BCUT2D eigenvalue weighted by Gasteiger charge is -2.10. The summed E-state index contributed by atoms with van der Waals surface area (Å²) in [5, 5.41) is 7.34. The number of anilines is 2. The standard InChI is InChI=1S/C20H20N4O2S/c1-2-26-20(25)22-16-7-3-5-14(11-16)12-18-19(27)9-10-24(23-18)17-8-4-6-15(21)13-17/h3-11,13H,2,12,21H2,1H3,(H,22,25). The van der Waals surface area contributed by atoms with E-state index in [0.717, 1.165) is 16.9 Å². The zero-order valence-electron chi connectivity index (χ0n) is 14.9. The number of hydrogen-bond acceptors (Lipinski definition) is 5. The Bertz CT molecular complexity index is 1020. The van der Waals surface area contributed by atoms with Crippen molar-refractivity contribution in [2.24, 2.45) is 0 Å². The Labute approximate surface area is 162 Å². The van der Waals surface area contributed by atoms with E-state index in [9.17, 15) is 4.79 Å². The van der Waals surface area contributed by atoms with Crippen LogP contribution in [-0.4, -0.2) is 22.5 Å². The molecule has 1 heterocycles. The maximum Gasteiger partial charge on any atom is 0.411 e. The van der Waals surface area contributed by atoms with Crippen molar-refractivity contribution in [3.05, 3.63) is 76.6 Å². The highest BCUT2D eigenvalue weighted by atomic mass is 32.1. The number of carbonyl (C=O) groups excluding carboxylic acids is 1. The first-order valence-electron chi connectivity index (χ1n) is 8.52. The molecule has 0 aliphatic carbocycles. The van der Waals surface area contributed by atoms with E-state index in [0.29, 0.717) is 28.9 Å². The lowest BCUT2D eigenvalue weighted by molar-refractivity contribution is 0.168. The molecule has 3 aromatic rings. The molecular weight excluding hydrogens is 360 g/mol. The first-order chi connectivity index (χ1) is 13.0. The topological polar surface area (TPSA) is 82.2 Å². The van der Waals surface area contributed by atoms with Gasteiger partial charge in [0.2, 0.25) is 0 Å². The fraction of sp³-hybridized carbons (Fsp3) is 0.150. The molecule has 7 heteroatoms. The van der Waals surface area contributed by atoms with E-state index in [1.165, 1.54) is 0 Å². The summed E-state index contributed by atoms with van der Waals surface area (Å²) in [6.45, 7) is 2.08. The van der Waals surface area contributed by atoms with Gasteiger partial charge in [-0.05, 0) is 48.9 Å². The van der Waals surface area contributed by atoms with Crippen LogP contribution >= 0.6 is 12.2 Å². The fourth-order valence-corrected chi connectivity index (χ4v) is 2.79. The second-order valence-electron chi connectivity index (χ2n) is 5.89. The van der Waals surface area contributed by atoms with Gasteiger partial charge < -0.3 is 10.5 Å². The monoisotopic (exact) mass is 380 g/mol. The van der Waals surface area contributed by atoms with Crippen LogP contribution < -0.4 is 11.1 Å². The highest BCUT2D eigenvalue weighted by molar-refractivity contribution is 7.71. The highest BCUT2D eigenvalue weighted by Crippen LogP contribution is 2.16. The molecule has 0 radical (unpaired) electrons. The zero-order chi connectivity index (χ0) is 19.2. The summed E-state index contributed by atoms with van der Waals surface area (Å²) in [5.41, 5.74) is 9.80. The minimum absolute atomic E-state index is 0.322. The molecule has 6 nitrogen and oxygen atoms in total. The Kier molecular flexibility index (Phi) is 5.83. The Morgan fingerprint density at radius 3 is 2.81 bits per heavy atom. The predicted molar refractivity (Wildman–Crippen MR) is 109 cm³/mol. The van der Waals surface area contributed by atoms with Crippen molar-refractivity contribution in [1.82, 2.24) is 9.78 Å². The molecule has 3 rings (SSSR count). The van der Waals surface area contributed by atoms with Crippen molar-refractivity contribution in [3.63, 3.8) is 0 Å². The van der Waals surface area contributed by atoms with Crippen molar-refractivity contribution >= 4 is 29.7 Å². The Morgan fingerprint density at radius 2 is 2.04 bits per heavy atom. The van der Waals surface area contributed by atoms with Crippen molar-refractivity contribution in [3.8, 4) is 5.69 Å². The molecule has 138 valence electrons. The van der Waals surface area contributed by atoms with E-state index < -0.39 is 6.09 Å². The van der Waals surface area contributed by atoms with Crippen LogP contribution in [0.15, 0.2) is 60.8 Å². The third kappa shape index (κ3) is 4.92. The molecule has 0 fully saturated rings. The number of hydrogen-bond donors (Lipinski definition) is 2. The molecule has 0 aliphatic rings. The number of rotatable bonds is 5. The van der Waals surface area contributed by atoms with Gasteiger partial charge >= 0.3 is 6.09 Å². The molecule has 1 amide bonds. The molecule has 0 atom stereocenters. The number of benzene rings is 2. The zero-order valence-corrected chi connectivity index (χ0v) is 15.7. The van der Waals surface area contributed by atoms with Crippen molar-refractivity contribution < 1.29 is 9.53 Å². The summed E-state index contributed by atoms with van der Waals surface area (Å²) in [6.07, 6.45) is 1.88. The normalized spacial score (nSPS) is 10.4. The van der Waals surface area contributed by atoms with Crippen molar-refractivity contribution in [2.45, 2.75) is 13.3 Å². The van der Waals surface area contributed by atoms with E-state index in [1.807, 2.05) is 54.7 Å². The third-order valence-corrected chi connectivity index (χ3v) is 4.21. The Hall–Kier alpha value is -3.19. The summed E-state index contributed by atoms with van der Waals surface area (Å²) in [6, 6.07) is 16.9. The number of carbonyl (C=O) groups is 1. The minimum Gasteiger partial charge on any atom is -0.450 e. The summed E-state index contributed by atoms with van der Waals surface area (Å²) >= 11 is 5.43. The summed E-state index contributed by atoms with van der Waals surface area (Å²) in [5.74, 6) is 0. The molecule has 2 aromatic carbocycles. The van der Waals surface area contributed by atoms with E-state index in [4.69, 9.17) is 22.7 Å². The van der Waals surface area contributed by atoms with Crippen LogP contribution in [0, 0.1) is 4.51 Å². The number of nitrogens with two attached hydrogens (primary N) is 1. The summed E-state index contributed by atoms with van der Waals surface area (Å²) < 4.78 is 7.34. The number of amides is 1. The SMILES string of the molecule is CCOC(=O)Nc1cccc(Cc2nn(-c3cccc(N)c3)ccc2=S)c1. The number of nitrogens with zero attached hydrogens (tertiary/aromatic N) is 2. The average Bonchev–Trinajstić information content (AvgIpc) is 2.64. The molecule has 0 unspecified atom stereocenters. The van der Waals surface area contributed by atoms with Crippen LogP contribution in [-0.2, 0) is 11.2 Å². The van der Waals surface area contributed by atoms with Gasteiger partial charge in [0.25, 0.3) is 0 Å². The molecule has 0 bridgehead atoms. The lowest BCUT2D eigenvalue weighted by atomic mass is 10.1. The van der Waals surface area contributed by atoms with Gasteiger partial charge in [-0.2, -0.15) is 5.10 Å². The minimum atomic E-state index is -0.476. The van der Waals surface area contributed by atoms with Gasteiger partial charge in [-0.25, -0.2) is 9.48 Å². The number of ether oxygens (including phenoxy) is 1. The van der Waals surface area contributed by atoms with Gasteiger partial charge in [-0.3, -0.25) is 5.32 Å². The van der Waals surface area contributed by atoms with Crippen LogP contribution in [0.4, 0.5) is 16.2 Å². The van der Waals surface area contributed by atoms with E-state index in [2.05, 4.69) is 10.4 Å². The van der Waals surface area contributed by atoms with Gasteiger partial charge in [0.05, 0.1) is 22.5 Å². The van der Waals surface area contributed by atoms with Gasteiger partial charge in [0.1, 0.15) is 0 Å². The number of aromatic nitrogens is 2. The second kappa shape index (κ2) is 8.46. The summed E-state index contributed by atoms with van der Waals surface area (Å²) in [7, 11) is 0. The van der Waals surface area contributed by atoms with Crippen LogP contribution in [0.5, 0.6) is 0 Å². The van der Waals surface area contributed by atoms with Gasteiger partial charge in [0, 0.05) is 24.0 Å². The van der Waals surface area contributed by atoms with E-state index in [1.54, 1.807) is 17.7 Å². The van der Waals surface area contributed by atoms with Gasteiger partial charge in [0.15, 0.2) is 0 Å².